The number of aliphatic hydroxyl groups excluding tert-OH is 1. The summed E-state index contributed by atoms with van der Waals surface area (Å²) in [6.45, 7) is 6.26. The molecule has 0 bridgehead atoms. The number of hydrogen-bond acceptors (Lipinski definition) is 2. The second-order valence-electron chi connectivity index (χ2n) is 9.86. The predicted octanol–water partition coefficient (Wildman–Crippen LogP) is 9.13. The van der Waals surface area contributed by atoms with E-state index >= 15 is 0 Å². The summed E-state index contributed by atoms with van der Waals surface area (Å²) in [5.41, 5.74) is -0.972. The molecule has 1 N–H and O–H groups in total. The van der Waals surface area contributed by atoms with Crippen molar-refractivity contribution in [1.29, 1.82) is 0 Å². The van der Waals surface area contributed by atoms with E-state index in [0.717, 1.165) is 12.1 Å². The molecule has 0 aromatic heterocycles. The monoisotopic (exact) mass is 668 g/mol. The Kier molecular flexibility index (Phi) is 9.27. The van der Waals surface area contributed by atoms with Crippen molar-refractivity contribution in [3.8, 4) is 0 Å². The summed E-state index contributed by atoms with van der Waals surface area (Å²) in [4.78, 5) is 12.2. The summed E-state index contributed by atoms with van der Waals surface area (Å²) in [5, 5.41) is 10.2. The lowest BCUT2D eigenvalue weighted by Crippen LogP contribution is -2.11. The number of rotatable bonds is 4. The Balaban J connectivity index is 0.000000197. The summed E-state index contributed by atoms with van der Waals surface area (Å²) in [6.07, 6.45) is -1.70. The Morgan fingerprint density at radius 3 is 1.98 bits per heavy atom. The molecule has 0 amide bonds. The van der Waals surface area contributed by atoms with E-state index in [9.17, 15) is 45.0 Å². The van der Waals surface area contributed by atoms with Crippen LogP contribution in [0.2, 0.25) is 0 Å². The molecule has 0 radical (unpaired) electrons. The molecule has 0 spiro atoms. The van der Waals surface area contributed by atoms with Crippen LogP contribution in [0.1, 0.15) is 55.8 Å². The highest BCUT2D eigenvalue weighted by molar-refractivity contribution is 9.10. The zero-order chi connectivity index (χ0) is 31.9. The van der Waals surface area contributed by atoms with Gasteiger partial charge in [0.15, 0.2) is 52.3 Å². The van der Waals surface area contributed by atoms with Crippen molar-refractivity contribution in [2.45, 2.75) is 32.3 Å². The third kappa shape index (κ3) is 5.88. The molecule has 4 aromatic rings. The van der Waals surface area contributed by atoms with Crippen molar-refractivity contribution in [1.82, 2.24) is 0 Å². The van der Waals surface area contributed by atoms with Gasteiger partial charge < -0.3 is 5.11 Å². The summed E-state index contributed by atoms with van der Waals surface area (Å²) in [7, 11) is 0. The summed E-state index contributed by atoms with van der Waals surface area (Å²) in [5.74, 6) is -11.0. The number of ketones is 1. The Morgan fingerprint density at radius 2 is 1.33 bits per heavy atom. The first-order valence-corrected chi connectivity index (χ1v) is 13.4. The minimum Gasteiger partial charge on any atom is -0.384 e. The molecule has 4 aromatic carbocycles. The molecule has 2 unspecified atom stereocenters. The maximum Gasteiger partial charge on any atom is 0.174 e. The van der Waals surface area contributed by atoms with Gasteiger partial charge in [-0.15, -0.1) is 0 Å². The van der Waals surface area contributed by atoms with Gasteiger partial charge in [-0.2, -0.15) is 0 Å². The fourth-order valence-electron chi connectivity index (χ4n) is 4.70. The number of benzene rings is 4. The van der Waals surface area contributed by atoms with E-state index in [-0.39, 0.29) is 44.3 Å². The van der Waals surface area contributed by atoms with Gasteiger partial charge in [0, 0.05) is 21.2 Å². The van der Waals surface area contributed by atoms with Gasteiger partial charge in [0.2, 0.25) is 0 Å². The number of carbonyl (C=O) groups is 1. The van der Waals surface area contributed by atoms with E-state index in [4.69, 9.17) is 0 Å². The first kappa shape index (κ1) is 32.1. The molecule has 1 aliphatic rings. The van der Waals surface area contributed by atoms with Gasteiger partial charge in [0.25, 0.3) is 0 Å². The Hall–Kier alpha value is -3.83. The average Bonchev–Trinajstić information content (AvgIpc) is 3.31. The van der Waals surface area contributed by atoms with Gasteiger partial charge in [-0.05, 0) is 60.7 Å². The van der Waals surface area contributed by atoms with Gasteiger partial charge >= 0.3 is 0 Å². The van der Waals surface area contributed by atoms with E-state index in [0.29, 0.717) is 5.56 Å². The maximum absolute atomic E-state index is 14.0. The lowest BCUT2D eigenvalue weighted by molar-refractivity contribution is 0.0966. The van der Waals surface area contributed by atoms with Gasteiger partial charge in [0.05, 0.1) is 11.5 Å². The Morgan fingerprint density at radius 1 is 0.767 bits per heavy atom. The van der Waals surface area contributed by atoms with E-state index < -0.39 is 69.9 Å². The smallest absolute Gasteiger partial charge is 0.174 e. The topological polar surface area (TPSA) is 37.3 Å². The molecular formula is C32H21BrF8O2. The van der Waals surface area contributed by atoms with Crippen LogP contribution in [0.3, 0.4) is 0 Å². The van der Waals surface area contributed by atoms with Crippen molar-refractivity contribution < 1.29 is 45.0 Å². The standard InChI is InChI=1S/C16H11BrF4O.C16H10F4O/c1-7-3-4-9(14(20)13(7)19)8(2)16(22)12-10(17)5-6-11(18)15(12)21;1-7-2-4-9(14(19)13(7)18)10-6-8-3-5-11(17)15(20)12(8)16(10)21/h3-6,16,22H,2H2,1H3;2-5,10H,6H2,1H3. The molecule has 11 heteroatoms. The van der Waals surface area contributed by atoms with E-state index in [2.05, 4.69) is 22.5 Å². The van der Waals surface area contributed by atoms with E-state index in [1.165, 1.54) is 50.2 Å². The van der Waals surface area contributed by atoms with Crippen LogP contribution in [0, 0.1) is 60.4 Å². The summed E-state index contributed by atoms with van der Waals surface area (Å²) in [6, 6.07) is 9.52. The quantitative estimate of drug-likeness (QED) is 0.174. The number of fused-ring (bicyclic) bond motifs is 1. The normalized spacial score (nSPS) is 14.7. The van der Waals surface area contributed by atoms with E-state index in [1.54, 1.807) is 0 Å². The summed E-state index contributed by atoms with van der Waals surface area (Å²) >= 11 is 2.99. The highest BCUT2D eigenvalue weighted by Crippen LogP contribution is 2.39. The number of hydrogen-bond donors (Lipinski definition) is 1. The molecule has 0 fully saturated rings. The molecule has 0 heterocycles. The lowest BCUT2D eigenvalue weighted by atomic mass is 9.93. The van der Waals surface area contributed by atoms with E-state index in [1.807, 2.05) is 0 Å². The minimum absolute atomic E-state index is 0.0325. The number of carbonyl (C=O) groups excluding carboxylic acids is 1. The summed E-state index contributed by atoms with van der Waals surface area (Å²) < 4.78 is 109. The van der Waals surface area contributed by atoms with Crippen LogP contribution in [0.15, 0.2) is 59.6 Å². The highest BCUT2D eigenvalue weighted by atomic mass is 79.9. The first-order valence-electron chi connectivity index (χ1n) is 12.6. The van der Waals surface area contributed by atoms with Gasteiger partial charge in [-0.3, -0.25) is 4.79 Å². The fraction of sp³-hybridized carbons (Fsp3) is 0.156. The molecule has 0 saturated heterocycles. The second-order valence-corrected chi connectivity index (χ2v) is 10.7. The second kappa shape index (κ2) is 12.4. The van der Waals surface area contributed by atoms with Gasteiger partial charge in [0.1, 0.15) is 6.10 Å². The number of aliphatic hydroxyl groups is 1. The van der Waals surface area contributed by atoms with Crippen LogP contribution < -0.4 is 0 Å². The average molecular weight is 669 g/mol. The van der Waals surface area contributed by atoms with Crippen molar-refractivity contribution in [2.75, 3.05) is 0 Å². The zero-order valence-corrected chi connectivity index (χ0v) is 24.0. The molecule has 43 heavy (non-hydrogen) atoms. The SMILES string of the molecule is C=C(c1ccc(C)c(F)c1F)C(O)c1c(Br)ccc(F)c1F.Cc1ccc(C2Cc3ccc(F)c(F)c3C2=O)c(F)c1F. The molecule has 5 rings (SSSR count). The van der Waals surface area contributed by atoms with Crippen molar-refractivity contribution in [3.05, 3.63) is 145 Å². The van der Waals surface area contributed by atoms with Crippen LogP contribution in [0.4, 0.5) is 35.1 Å². The third-order valence-corrected chi connectivity index (χ3v) is 7.84. The minimum atomic E-state index is -1.73. The molecule has 224 valence electrons. The van der Waals surface area contributed by atoms with Crippen LogP contribution in [0.25, 0.3) is 5.57 Å². The van der Waals surface area contributed by atoms with Crippen LogP contribution in [-0.4, -0.2) is 10.9 Å². The van der Waals surface area contributed by atoms with Gasteiger partial charge in [-0.1, -0.05) is 52.8 Å². The lowest BCUT2D eigenvalue weighted by Gasteiger charge is -2.18. The van der Waals surface area contributed by atoms with Crippen molar-refractivity contribution in [2.24, 2.45) is 0 Å². The van der Waals surface area contributed by atoms with Gasteiger partial charge in [-0.25, -0.2) is 35.1 Å². The molecular weight excluding hydrogens is 648 g/mol. The third-order valence-electron chi connectivity index (χ3n) is 7.15. The van der Waals surface area contributed by atoms with Crippen molar-refractivity contribution >= 4 is 27.3 Å². The largest absolute Gasteiger partial charge is 0.384 e. The maximum atomic E-state index is 14.0. The van der Waals surface area contributed by atoms with Crippen molar-refractivity contribution in [3.63, 3.8) is 0 Å². The molecule has 0 saturated carbocycles. The number of aryl methyl sites for hydroxylation is 2. The fourth-order valence-corrected chi connectivity index (χ4v) is 5.23. The zero-order valence-electron chi connectivity index (χ0n) is 22.4. The molecule has 1 aliphatic carbocycles. The molecule has 2 atom stereocenters. The Labute approximate surface area is 249 Å². The Bertz CT molecular complexity index is 1790. The molecule has 2 nitrogen and oxygen atoms in total. The van der Waals surface area contributed by atoms with Crippen LogP contribution >= 0.6 is 15.9 Å². The number of Topliss-reactive ketones (excluding diaryl/α,β-unsaturated/α-hetero) is 1. The predicted molar refractivity (Wildman–Crippen MR) is 147 cm³/mol. The first-order chi connectivity index (χ1) is 20.2. The molecule has 0 aliphatic heterocycles. The van der Waals surface area contributed by atoms with Crippen LogP contribution in [0.5, 0.6) is 0 Å². The number of halogens is 9. The highest BCUT2D eigenvalue weighted by Gasteiger charge is 2.37. The van der Waals surface area contributed by atoms with Crippen LogP contribution in [-0.2, 0) is 6.42 Å².